The molecule has 0 aliphatic heterocycles. The van der Waals surface area contributed by atoms with Gasteiger partial charge in [-0.1, -0.05) is 47.5 Å². The standard InChI is InChI=1S/C13H6Cl2O/c14-10-6-5-9-11(12(10)15)7-3-1-2-4-8(7)13(9)16/h1-6H. The first-order valence-electron chi connectivity index (χ1n) is 4.82. The molecule has 0 radical (unpaired) electrons. The molecule has 0 bridgehead atoms. The quantitative estimate of drug-likeness (QED) is 0.583. The van der Waals surface area contributed by atoms with Crippen LogP contribution in [0.25, 0.3) is 11.1 Å². The molecule has 0 saturated carbocycles. The highest BCUT2D eigenvalue weighted by Gasteiger charge is 2.28. The second-order valence-corrected chi connectivity index (χ2v) is 4.44. The van der Waals surface area contributed by atoms with Crippen LogP contribution in [0.15, 0.2) is 36.4 Å². The minimum atomic E-state index is 0.0177. The van der Waals surface area contributed by atoms with Crippen LogP contribution in [0.1, 0.15) is 15.9 Å². The van der Waals surface area contributed by atoms with E-state index in [1.54, 1.807) is 12.1 Å². The predicted octanol–water partition coefficient (Wildman–Crippen LogP) is 4.20. The smallest absolute Gasteiger partial charge is 0.194 e. The molecule has 1 aliphatic carbocycles. The topological polar surface area (TPSA) is 17.1 Å². The minimum absolute atomic E-state index is 0.0177. The van der Waals surface area contributed by atoms with Crippen molar-refractivity contribution in [3.63, 3.8) is 0 Å². The first-order chi connectivity index (χ1) is 7.70. The molecule has 1 nitrogen and oxygen atoms in total. The van der Waals surface area contributed by atoms with Crippen LogP contribution in [0, 0.1) is 0 Å². The molecule has 1 aliphatic rings. The zero-order valence-corrected chi connectivity index (χ0v) is 9.64. The number of carbonyl (C=O) groups is 1. The van der Waals surface area contributed by atoms with Crippen LogP contribution >= 0.6 is 23.2 Å². The molecule has 0 N–H and O–H groups in total. The Morgan fingerprint density at radius 1 is 0.812 bits per heavy atom. The number of rotatable bonds is 0. The molecule has 2 aromatic carbocycles. The molecular formula is C13H6Cl2O. The van der Waals surface area contributed by atoms with E-state index in [-0.39, 0.29) is 5.78 Å². The Kier molecular flexibility index (Phi) is 2.06. The molecule has 0 aromatic heterocycles. The molecule has 0 amide bonds. The summed E-state index contributed by atoms with van der Waals surface area (Å²) in [5.74, 6) is 0.0177. The van der Waals surface area contributed by atoms with Gasteiger partial charge in [-0.05, 0) is 17.7 Å². The predicted molar refractivity (Wildman–Crippen MR) is 65.3 cm³/mol. The fraction of sp³-hybridized carbons (Fsp3) is 0. The number of ketones is 1. The van der Waals surface area contributed by atoms with Crippen LogP contribution in [-0.4, -0.2) is 5.78 Å². The highest BCUT2D eigenvalue weighted by atomic mass is 35.5. The van der Waals surface area contributed by atoms with Crippen molar-refractivity contribution in [3.05, 3.63) is 57.6 Å². The molecule has 3 heteroatoms. The van der Waals surface area contributed by atoms with Crippen molar-refractivity contribution >= 4 is 29.0 Å². The van der Waals surface area contributed by atoms with E-state index in [1.165, 1.54) is 0 Å². The Morgan fingerprint density at radius 2 is 1.50 bits per heavy atom. The maximum absolute atomic E-state index is 12.0. The van der Waals surface area contributed by atoms with E-state index in [2.05, 4.69) is 0 Å². The summed E-state index contributed by atoms with van der Waals surface area (Å²) in [6.07, 6.45) is 0. The largest absolute Gasteiger partial charge is 0.289 e. The Morgan fingerprint density at radius 3 is 2.25 bits per heavy atom. The van der Waals surface area contributed by atoms with Crippen molar-refractivity contribution in [1.29, 1.82) is 0 Å². The molecule has 2 aromatic rings. The van der Waals surface area contributed by atoms with Gasteiger partial charge >= 0.3 is 0 Å². The molecule has 0 saturated heterocycles. The third kappa shape index (κ3) is 1.16. The van der Waals surface area contributed by atoms with E-state index in [9.17, 15) is 4.79 Å². The lowest BCUT2D eigenvalue weighted by Crippen LogP contribution is -1.94. The third-order valence-corrected chi connectivity index (χ3v) is 3.58. The SMILES string of the molecule is O=C1c2ccccc2-c2c1ccc(Cl)c2Cl. The molecule has 0 atom stereocenters. The zero-order valence-electron chi connectivity index (χ0n) is 8.13. The van der Waals surface area contributed by atoms with Gasteiger partial charge in [0, 0.05) is 16.7 Å². The highest BCUT2D eigenvalue weighted by Crippen LogP contribution is 2.43. The van der Waals surface area contributed by atoms with Crippen molar-refractivity contribution in [1.82, 2.24) is 0 Å². The van der Waals surface area contributed by atoms with Crippen LogP contribution < -0.4 is 0 Å². The van der Waals surface area contributed by atoms with Crippen LogP contribution in [0.3, 0.4) is 0 Å². The fourth-order valence-electron chi connectivity index (χ4n) is 2.05. The first kappa shape index (κ1) is 9.88. The van der Waals surface area contributed by atoms with Gasteiger partial charge in [-0.3, -0.25) is 4.79 Å². The minimum Gasteiger partial charge on any atom is -0.289 e. The van der Waals surface area contributed by atoms with Crippen molar-refractivity contribution in [3.8, 4) is 11.1 Å². The number of hydrogen-bond donors (Lipinski definition) is 0. The fourth-order valence-corrected chi connectivity index (χ4v) is 2.47. The van der Waals surface area contributed by atoms with E-state index in [0.717, 1.165) is 11.1 Å². The van der Waals surface area contributed by atoms with E-state index in [4.69, 9.17) is 23.2 Å². The summed E-state index contributed by atoms with van der Waals surface area (Å²) >= 11 is 12.1. The van der Waals surface area contributed by atoms with E-state index in [1.807, 2.05) is 24.3 Å². The monoisotopic (exact) mass is 248 g/mol. The van der Waals surface area contributed by atoms with Crippen LogP contribution in [-0.2, 0) is 0 Å². The van der Waals surface area contributed by atoms with Crippen LogP contribution in [0.2, 0.25) is 10.0 Å². The Bertz CT molecular complexity index is 617. The van der Waals surface area contributed by atoms with Crippen molar-refractivity contribution < 1.29 is 4.79 Å². The van der Waals surface area contributed by atoms with Gasteiger partial charge in [-0.25, -0.2) is 0 Å². The first-order valence-corrected chi connectivity index (χ1v) is 5.58. The van der Waals surface area contributed by atoms with Gasteiger partial charge in [0.15, 0.2) is 5.78 Å². The number of hydrogen-bond acceptors (Lipinski definition) is 1. The highest BCUT2D eigenvalue weighted by molar-refractivity contribution is 6.45. The van der Waals surface area contributed by atoms with Crippen molar-refractivity contribution in [2.75, 3.05) is 0 Å². The summed E-state index contributed by atoms with van der Waals surface area (Å²) in [7, 11) is 0. The normalized spacial score (nSPS) is 12.5. The van der Waals surface area contributed by atoms with E-state index in [0.29, 0.717) is 21.2 Å². The van der Waals surface area contributed by atoms with Crippen molar-refractivity contribution in [2.45, 2.75) is 0 Å². The van der Waals surface area contributed by atoms with E-state index < -0.39 is 0 Å². The number of halogens is 2. The molecule has 78 valence electrons. The summed E-state index contributed by atoms with van der Waals surface area (Å²) in [6, 6.07) is 10.8. The molecule has 0 unspecified atom stereocenters. The van der Waals surface area contributed by atoms with E-state index >= 15 is 0 Å². The molecule has 16 heavy (non-hydrogen) atoms. The number of carbonyl (C=O) groups excluding carboxylic acids is 1. The van der Waals surface area contributed by atoms with Gasteiger partial charge in [0.05, 0.1) is 10.0 Å². The molecule has 3 rings (SSSR count). The molecule has 0 fully saturated rings. The Labute approximate surface area is 103 Å². The molecule has 0 spiro atoms. The lowest BCUT2D eigenvalue weighted by atomic mass is 10.1. The second-order valence-electron chi connectivity index (χ2n) is 3.66. The van der Waals surface area contributed by atoms with Gasteiger partial charge in [-0.15, -0.1) is 0 Å². The molecular weight excluding hydrogens is 243 g/mol. The summed E-state index contributed by atoms with van der Waals surface area (Å²) < 4.78 is 0. The van der Waals surface area contributed by atoms with Gasteiger partial charge in [0.25, 0.3) is 0 Å². The van der Waals surface area contributed by atoms with Gasteiger partial charge in [-0.2, -0.15) is 0 Å². The van der Waals surface area contributed by atoms with Crippen LogP contribution in [0.4, 0.5) is 0 Å². The van der Waals surface area contributed by atoms with Crippen molar-refractivity contribution in [2.24, 2.45) is 0 Å². The number of fused-ring (bicyclic) bond motifs is 3. The average molecular weight is 249 g/mol. The Balaban J connectivity index is 2.44. The lowest BCUT2D eigenvalue weighted by Gasteiger charge is -2.03. The van der Waals surface area contributed by atoms with Gasteiger partial charge in [0.1, 0.15) is 0 Å². The molecule has 0 heterocycles. The summed E-state index contributed by atoms with van der Waals surface area (Å²) in [4.78, 5) is 12.0. The Hall–Kier alpha value is -1.31. The summed E-state index contributed by atoms with van der Waals surface area (Å²) in [5.41, 5.74) is 2.96. The summed E-state index contributed by atoms with van der Waals surface area (Å²) in [5, 5.41) is 0.933. The zero-order chi connectivity index (χ0) is 11.3. The summed E-state index contributed by atoms with van der Waals surface area (Å²) in [6.45, 7) is 0. The lowest BCUT2D eigenvalue weighted by molar-refractivity contribution is 0.104. The maximum Gasteiger partial charge on any atom is 0.194 e. The number of benzene rings is 2. The van der Waals surface area contributed by atoms with Gasteiger partial charge < -0.3 is 0 Å². The van der Waals surface area contributed by atoms with Crippen LogP contribution in [0.5, 0.6) is 0 Å². The second kappa shape index (κ2) is 3.34. The maximum atomic E-state index is 12.0. The third-order valence-electron chi connectivity index (χ3n) is 2.78. The van der Waals surface area contributed by atoms with Gasteiger partial charge in [0.2, 0.25) is 0 Å². The average Bonchev–Trinajstić information content (AvgIpc) is 2.59.